The highest BCUT2D eigenvalue weighted by Gasteiger charge is 2.36. The van der Waals surface area contributed by atoms with Gasteiger partial charge in [0.15, 0.2) is 5.69 Å². The van der Waals surface area contributed by atoms with Gasteiger partial charge in [-0.1, -0.05) is 36.4 Å². The van der Waals surface area contributed by atoms with Gasteiger partial charge in [0.1, 0.15) is 22.8 Å². The lowest BCUT2D eigenvalue weighted by Gasteiger charge is -2.29. The molecule has 0 radical (unpaired) electrons. The predicted octanol–water partition coefficient (Wildman–Crippen LogP) is 5.35. The zero-order chi connectivity index (χ0) is 35.3. The zero-order valence-corrected chi connectivity index (χ0v) is 27.6. The Morgan fingerprint density at radius 1 is 0.920 bits per heavy atom. The van der Waals surface area contributed by atoms with E-state index < -0.39 is 29.5 Å². The molecule has 1 saturated heterocycles. The summed E-state index contributed by atoms with van der Waals surface area (Å²) in [7, 11) is 1.13. The van der Waals surface area contributed by atoms with Crippen LogP contribution in [0, 0.1) is 5.82 Å². The monoisotopic (exact) mass is 693 g/mol. The second-order valence-corrected chi connectivity index (χ2v) is 12.7. The number of pyridine rings is 1. The number of carbonyl (C=O) groups excluding carboxylic acids is 2. The second-order valence-electron chi connectivity index (χ2n) is 12.7. The van der Waals surface area contributed by atoms with E-state index in [1.807, 2.05) is 18.2 Å². The maximum atomic E-state index is 14.3. The SMILES string of the molecule is Cn1nc(C(=O)N[C@H]2CC[C@@H](NC(=O)c3cc(F)cnc3Oc3cccc(-c4ccc(CCN5CCNCC5)cc4)c3)CC2)cc1C(F)(F)F. The Bertz CT molecular complexity index is 1800. The van der Waals surface area contributed by atoms with Crippen LogP contribution in [0.2, 0.25) is 0 Å². The lowest BCUT2D eigenvalue weighted by molar-refractivity contribution is -0.143. The molecule has 6 rings (SSSR count). The Balaban J connectivity index is 1.04. The van der Waals surface area contributed by atoms with Crippen molar-refractivity contribution < 1.29 is 31.9 Å². The van der Waals surface area contributed by atoms with E-state index in [0.29, 0.717) is 36.1 Å². The average Bonchev–Trinajstić information content (AvgIpc) is 3.52. The molecule has 0 bridgehead atoms. The molecule has 3 N–H and O–H groups in total. The minimum absolute atomic E-state index is 0.0427. The molecule has 4 aromatic rings. The summed E-state index contributed by atoms with van der Waals surface area (Å²) in [6, 6.07) is 17.0. The van der Waals surface area contributed by atoms with Gasteiger partial charge in [-0.15, -0.1) is 0 Å². The van der Waals surface area contributed by atoms with Gasteiger partial charge in [-0.3, -0.25) is 14.3 Å². The fraction of sp³-hybridized carbons (Fsp3) is 0.389. The van der Waals surface area contributed by atoms with E-state index in [1.165, 1.54) is 5.56 Å². The van der Waals surface area contributed by atoms with Crippen LogP contribution in [-0.4, -0.2) is 76.3 Å². The van der Waals surface area contributed by atoms with Gasteiger partial charge < -0.3 is 25.6 Å². The van der Waals surface area contributed by atoms with Crippen LogP contribution in [-0.2, 0) is 19.6 Å². The highest BCUT2D eigenvalue weighted by Crippen LogP contribution is 2.31. The summed E-state index contributed by atoms with van der Waals surface area (Å²) in [6.45, 7) is 5.20. The molecule has 2 aromatic carbocycles. The van der Waals surface area contributed by atoms with Crippen molar-refractivity contribution in [3.05, 3.63) is 95.2 Å². The molecule has 0 atom stereocenters. The number of piperazine rings is 1. The van der Waals surface area contributed by atoms with Crippen LogP contribution in [0.4, 0.5) is 17.6 Å². The van der Waals surface area contributed by atoms with Crippen molar-refractivity contribution in [1.29, 1.82) is 0 Å². The number of nitrogens with one attached hydrogen (secondary N) is 3. The van der Waals surface area contributed by atoms with Gasteiger partial charge in [0.25, 0.3) is 11.8 Å². The largest absolute Gasteiger partial charge is 0.438 e. The molecule has 14 heteroatoms. The minimum Gasteiger partial charge on any atom is -0.438 e. The zero-order valence-electron chi connectivity index (χ0n) is 27.6. The maximum absolute atomic E-state index is 14.3. The summed E-state index contributed by atoms with van der Waals surface area (Å²) < 4.78 is 60.3. The summed E-state index contributed by atoms with van der Waals surface area (Å²) in [5.74, 6) is -1.55. The number of hydrogen-bond donors (Lipinski definition) is 3. The van der Waals surface area contributed by atoms with Gasteiger partial charge in [-0.05, 0) is 67.0 Å². The van der Waals surface area contributed by atoms with E-state index in [-0.39, 0.29) is 29.2 Å². The quantitative estimate of drug-likeness (QED) is 0.192. The van der Waals surface area contributed by atoms with Gasteiger partial charge in [-0.25, -0.2) is 9.37 Å². The van der Waals surface area contributed by atoms with Gasteiger partial charge in [0.05, 0.1) is 6.20 Å². The molecule has 2 amide bonds. The Labute approximate surface area is 287 Å². The van der Waals surface area contributed by atoms with Crippen molar-refractivity contribution in [2.24, 2.45) is 7.05 Å². The summed E-state index contributed by atoms with van der Waals surface area (Å²) in [5, 5.41) is 12.7. The molecule has 2 aromatic heterocycles. The Morgan fingerprint density at radius 3 is 2.26 bits per heavy atom. The molecule has 3 heterocycles. The molecule has 0 unspecified atom stereocenters. The molecular formula is C36H39F4N7O3. The second kappa shape index (κ2) is 15.4. The summed E-state index contributed by atoms with van der Waals surface area (Å²) in [6.07, 6.45) is -0.731. The third-order valence-corrected chi connectivity index (χ3v) is 9.13. The number of aryl methyl sites for hydroxylation is 1. The van der Waals surface area contributed by atoms with E-state index >= 15 is 0 Å². The first-order valence-electron chi connectivity index (χ1n) is 16.7. The minimum atomic E-state index is -4.62. The van der Waals surface area contributed by atoms with Crippen molar-refractivity contribution in [3.63, 3.8) is 0 Å². The normalized spacial score (nSPS) is 18.4. The number of aromatic nitrogens is 3. The molecule has 1 aliphatic carbocycles. The van der Waals surface area contributed by atoms with E-state index in [4.69, 9.17) is 4.74 Å². The van der Waals surface area contributed by atoms with E-state index in [2.05, 4.69) is 55.2 Å². The van der Waals surface area contributed by atoms with Crippen molar-refractivity contribution in [1.82, 2.24) is 35.6 Å². The van der Waals surface area contributed by atoms with E-state index in [9.17, 15) is 27.2 Å². The summed E-state index contributed by atoms with van der Waals surface area (Å²) in [5.41, 5.74) is 1.79. The number of rotatable bonds is 10. The maximum Gasteiger partial charge on any atom is 0.433 e. The van der Waals surface area contributed by atoms with Gasteiger partial charge >= 0.3 is 6.18 Å². The molecule has 1 aliphatic heterocycles. The molecule has 1 saturated carbocycles. The number of amides is 2. The van der Waals surface area contributed by atoms with Gasteiger partial charge in [0, 0.05) is 57.9 Å². The highest BCUT2D eigenvalue weighted by molar-refractivity contribution is 5.96. The molecule has 0 spiro atoms. The third-order valence-electron chi connectivity index (χ3n) is 9.13. The molecular weight excluding hydrogens is 654 g/mol. The van der Waals surface area contributed by atoms with Crippen LogP contribution in [0.5, 0.6) is 11.6 Å². The fourth-order valence-corrected chi connectivity index (χ4v) is 6.36. The van der Waals surface area contributed by atoms with Gasteiger partial charge in [-0.2, -0.15) is 18.3 Å². The van der Waals surface area contributed by atoms with Crippen molar-refractivity contribution in [2.45, 2.75) is 50.4 Å². The van der Waals surface area contributed by atoms with Gasteiger partial charge in [0.2, 0.25) is 5.88 Å². The van der Waals surface area contributed by atoms with Crippen LogP contribution in [0.1, 0.15) is 57.8 Å². The van der Waals surface area contributed by atoms with Crippen molar-refractivity contribution >= 4 is 11.8 Å². The predicted molar refractivity (Wildman–Crippen MR) is 178 cm³/mol. The lowest BCUT2D eigenvalue weighted by atomic mass is 9.91. The molecule has 50 heavy (non-hydrogen) atoms. The first-order valence-corrected chi connectivity index (χ1v) is 16.7. The van der Waals surface area contributed by atoms with Crippen LogP contribution in [0.25, 0.3) is 11.1 Å². The first kappa shape index (κ1) is 35.0. The lowest BCUT2D eigenvalue weighted by Crippen LogP contribution is -2.44. The summed E-state index contributed by atoms with van der Waals surface area (Å²) >= 11 is 0. The Morgan fingerprint density at radius 2 is 1.60 bits per heavy atom. The van der Waals surface area contributed by atoms with E-state index in [0.717, 1.165) is 75.6 Å². The third kappa shape index (κ3) is 8.85. The number of carbonyl (C=O) groups is 2. The Hall–Kier alpha value is -4.82. The summed E-state index contributed by atoms with van der Waals surface area (Å²) in [4.78, 5) is 32.4. The number of benzene rings is 2. The highest BCUT2D eigenvalue weighted by atomic mass is 19.4. The molecule has 2 fully saturated rings. The Kier molecular flexibility index (Phi) is 10.8. The van der Waals surface area contributed by atoms with Crippen LogP contribution < -0.4 is 20.7 Å². The standard InChI is InChI=1S/C36H39F4N7O3/c1-46-32(36(38,39)40)21-31(45-46)34(49)44-28-11-9-27(10-12-28)43-33(48)30-20-26(37)22-42-35(30)50-29-4-2-3-25(19-29)24-7-5-23(6-8-24)13-16-47-17-14-41-15-18-47/h2-8,19-22,27-28,41H,9-18H2,1H3,(H,43,48)(H,44,49)/t27-,28+. The first-order chi connectivity index (χ1) is 24.0. The number of halogens is 4. The number of ether oxygens (including phenoxy) is 1. The smallest absolute Gasteiger partial charge is 0.433 e. The van der Waals surface area contributed by atoms with Crippen LogP contribution >= 0.6 is 0 Å². The van der Waals surface area contributed by atoms with Crippen molar-refractivity contribution in [3.8, 4) is 22.8 Å². The topological polar surface area (TPSA) is 113 Å². The molecule has 2 aliphatic rings. The average molecular weight is 694 g/mol. The fourth-order valence-electron chi connectivity index (χ4n) is 6.36. The number of alkyl halides is 3. The van der Waals surface area contributed by atoms with Crippen LogP contribution in [0.3, 0.4) is 0 Å². The van der Waals surface area contributed by atoms with Crippen molar-refractivity contribution in [2.75, 3.05) is 32.7 Å². The number of hydrogen-bond acceptors (Lipinski definition) is 7. The molecule has 10 nitrogen and oxygen atoms in total. The molecule has 264 valence electrons. The van der Waals surface area contributed by atoms with E-state index in [1.54, 1.807) is 6.07 Å². The van der Waals surface area contributed by atoms with Crippen LogP contribution in [0.15, 0.2) is 66.9 Å². The number of nitrogens with zero attached hydrogens (tertiary/aromatic N) is 4.